The van der Waals surface area contributed by atoms with Crippen LogP contribution < -0.4 is 21.8 Å². The van der Waals surface area contributed by atoms with Crippen LogP contribution in [0.25, 0.3) is 0 Å². The fourth-order valence-corrected chi connectivity index (χ4v) is 4.85. The molecule has 12 heteroatoms. The molecule has 3 rings (SSSR count). The predicted octanol–water partition coefficient (Wildman–Crippen LogP) is 3.53. The van der Waals surface area contributed by atoms with Gasteiger partial charge in [-0.1, -0.05) is 50.2 Å². The molecule has 0 fully saturated rings. The third-order valence-electron chi connectivity index (χ3n) is 4.88. The van der Waals surface area contributed by atoms with Gasteiger partial charge in [0.05, 0.1) is 11.5 Å². The largest absolute Gasteiger partial charge is 0.325 e. The molecule has 0 spiro atoms. The van der Waals surface area contributed by atoms with Crippen molar-refractivity contribution in [1.29, 1.82) is 0 Å². The SMILES string of the molecule is CCCc1cc(=O)[nH]c(SCC(=O)Nc2cc(C)cc(NC(=O)CSc3nc(CCC)cc(=O)[nH]3)c2)n1. The second-order valence-electron chi connectivity index (χ2n) is 8.35. The smallest absolute Gasteiger partial charge is 0.251 e. The molecular weight excluding hydrogens is 512 g/mol. The molecule has 10 nitrogen and oxygen atoms in total. The van der Waals surface area contributed by atoms with Gasteiger partial charge in [0.1, 0.15) is 0 Å². The highest BCUT2D eigenvalue weighted by Gasteiger charge is 2.11. The number of nitrogens with one attached hydrogen (secondary N) is 4. The number of aromatic amines is 2. The minimum atomic E-state index is -0.269. The molecule has 0 unspecified atom stereocenters. The average molecular weight is 543 g/mol. The highest BCUT2D eigenvalue weighted by atomic mass is 32.2. The van der Waals surface area contributed by atoms with Gasteiger partial charge in [0.25, 0.3) is 11.1 Å². The molecule has 0 aliphatic rings. The maximum Gasteiger partial charge on any atom is 0.251 e. The molecule has 0 radical (unpaired) electrons. The van der Waals surface area contributed by atoms with Crippen LogP contribution in [0.15, 0.2) is 50.2 Å². The van der Waals surface area contributed by atoms with E-state index in [-0.39, 0.29) is 34.4 Å². The molecule has 0 atom stereocenters. The number of benzene rings is 1. The lowest BCUT2D eigenvalue weighted by molar-refractivity contribution is -0.114. The quantitative estimate of drug-likeness (QED) is 0.201. The molecule has 2 heterocycles. The van der Waals surface area contributed by atoms with Crippen molar-refractivity contribution in [3.05, 3.63) is 68.0 Å². The van der Waals surface area contributed by atoms with Crippen molar-refractivity contribution < 1.29 is 9.59 Å². The van der Waals surface area contributed by atoms with Crippen LogP contribution in [0, 0.1) is 6.92 Å². The van der Waals surface area contributed by atoms with Gasteiger partial charge in [-0.05, 0) is 43.5 Å². The van der Waals surface area contributed by atoms with Crippen LogP contribution in [-0.2, 0) is 22.4 Å². The molecule has 0 aliphatic carbocycles. The van der Waals surface area contributed by atoms with Crippen molar-refractivity contribution in [3.8, 4) is 0 Å². The van der Waals surface area contributed by atoms with Gasteiger partial charge in [-0.2, -0.15) is 0 Å². The summed E-state index contributed by atoms with van der Waals surface area (Å²) in [5.41, 5.74) is 2.83. The molecule has 3 aromatic rings. The zero-order valence-electron chi connectivity index (χ0n) is 21.0. The van der Waals surface area contributed by atoms with E-state index in [0.717, 1.165) is 41.9 Å². The Balaban J connectivity index is 1.56. The Morgan fingerprint density at radius 2 is 1.19 bits per heavy atom. The number of H-pyrrole nitrogens is 2. The number of aryl methyl sites for hydroxylation is 3. The van der Waals surface area contributed by atoms with E-state index in [1.807, 2.05) is 20.8 Å². The third-order valence-corrected chi connectivity index (χ3v) is 6.63. The Morgan fingerprint density at radius 3 is 1.59 bits per heavy atom. The number of carbonyl (C=O) groups is 2. The standard InChI is InChI=1S/C25H30N6O4S2/c1-4-6-16-11-20(32)30-24(28-16)36-13-22(34)26-18-8-15(3)9-19(10-18)27-23(35)14-37-25-29-17(7-5-2)12-21(33)31-25/h8-12H,4-7,13-14H2,1-3H3,(H,26,34)(H,27,35)(H,28,30,32)(H,29,31,33). The molecule has 0 aliphatic heterocycles. The second kappa shape index (κ2) is 13.8. The summed E-state index contributed by atoms with van der Waals surface area (Å²) in [5.74, 6) is -0.414. The van der Waals surface area contributed by atoms with E-state index < -0.39 is 0 Å². The normalized spacial score (nSPS) is 10.8. The van der Waals surface area contributed by atoms with E-state index in [1.54, 1.807) is 18.2 Å². The number of aromatic nitrogens is 4. The Morgan fingerprint density at radius 1 is 0.757 bits per heavy atom. The van der Waals surface area contributed by atoms with Crippen LogP contribution >= 0.6 is 23.5 Å². The predicted molar refractivity (Wildman–Crippen MR) is 148 cm³/mol. The van der Waals surface area contributed by atoms with Crippen molar-refractivity contribution in [2.75, 3.05) is 22.1 Å². The van der Waals surface area contributed by atoms with Gasteiger partial charge in [0.2, 0.25) is 11.8 Å². The van der Waals surface area contributed by atoms with E-state index in [1.165, 1.54) is 12.1 Å². The lowest BCUT2D eigenvalue weighted by atomic mass is 10.2. The first kappa shape index (κ1) is 28.2. The number of nitrogens with zero attached hydrogens (tertiary/aromatic N) is 2. The number of thioether (sulfide) groups is 2. The average Bonchev–Trinajstić information content (AvgIpc) is 2.81. The van der Waals surface area contributed by atoms with Crippen LogP contribution in [0.4, 0.5) is 11.4 Å². The Hall–Kier alpha value is -3.38. The van der Waals surface area contributed by atoms with Crippen molar-refractivity contribution >= 4 is 46.7 Å². The minimum absolute atomic E-state index is 0.0626. The number of rotatable bonds is 12. The summed E-state index contributed by atoms with van der Waals surface area (Å²) in [4.78, 5) is 62.7. The summed E-state index contributed by atoms with van der Waals surface area (Å²) >= 11 is 2.30. The molecule has 2 aromatic heterocycles. The van der Waals surface area contributed by atoms with Crippen molar-refractivity contribution in [3.63, 3.8) is 0 Å². The minimum Gasteiger partial charge on any atom is -0.325 e. The highest BCUT2D eigenvalue weighted by Crippen LogP contribution is 2.21. The summed E-state index contributed by atoms with van der Waals surface area (Å²) in [5, 5.41) is 6.43. The second-order valence-corrected chi connectivity index (χ2v) is 10.3. The monoisotopic (exact) mass is 542 g/mol. The first-order valence-electron chi connectivity index (χ1n) is 11.9. The Kier molecular flexibility index (Phi) is 10.5. The summed E-state index contributed by atoms with van der Waals surface area (Å²) in [6.45, 7) is 5.87. The number of hydrogen-bond acceptors (Lipinski definition) is 8. The highest BCUT2D eigenvalue weighted by molar-refractivity contribution is 8.00. The topological polar surface area (TPSA) is 150 Å². The molecule has 0 saturated heterocycles. The molecular formula is C25H30N6O4S2. The number of amides is 2. The zero-order valence-corrected chi connectivity index (χ0v) is 22.6. The molecule has 196 valence electrons. The van der Waals surface area contributed by atoms with E-state index in [2.05, 4.69) is 30.6 Å². The summed E-state index contributed by atoms with van der Waals surface area (Å²) in [7, 11) is 0. The van der Waals surface area contributed by atoms with E-state index in [0.29, 0.717) is 45.9 Å². The van der Waals surface area contributed by atoms with Crippen molar-refractivity contribution in [1.82, 2.24) is 19.9 Å². The summed E-state index contributed by atoms with van der Waals surface area (Å²) in [6, 6.07) is 8.19. The van der Waals surface area contributed by atoms with Crippen LogP contribution in [0.3, 0.4) is 0 Å². The maximum atomic E-state index is 12.5. The first-order valence-corrected chi connectivity index (χ1v) is 13.9. The number of hydrogen-bond donors (Lipinski definition) is 4. The Labute approximate surface area is 222 Å². The molecule has 2 amide bonds. The van der Waals surface area contributed by atoms with Crippen LogP contribution in [0.5, 0.6) is 0 Å². The molecule has 4 N–H and O–H groups in total. The number of anilines is 2. The van der Waals surface area contributed by atoms with Gasteiger partial charge in [-0.25, -0.2) is 9.97 Å². The lowest BCUT2D eigenvalue weighted by Gasteiger charge is -2.11. The molecule has 0 bridgehead atoms. The summed E-state index contributed by atoms with van der Waals surface area (Å²) < 4.78 is 0. The lowest BCUT2D eigenvalue weighted by Crippen LogP contribution is -2.17. The van der Waals surface area contributed by atoms with Gasteiger partial charge in [0.15, 0.2) is 10.3 Å². The molecule has 37 heavy (non-hydrogen) atoms. The molecule has 0 saturated carbocycles. The fourth-order valence-electron chi connectivity index (χ4n) is 3.46. The van der Waals surface area contributed by atoms with E-state index >= 15 is 0 Å². The van der Waals surface area contributed by atoms with Gasteiger partial charge >= 0.3 is 0 Å². The fraction of sp³-hybridized carbons (Fsp3) is 0.360. The first-order chi connectivity index (χ1) is 17.7. The molecule has 1 aromatic carbocycles. The van der Waals surface area contributed by atoms with Gasteiger partial charge in [0, 0.05) is 34.9 Å². The zero-order chi connectivity index (χ0) is 26.8. The van der Waals surface area contributed by atoms with Gasteiger partial charge in [-0.3, -0.25) is 19.2 Å². The van der Waals surface area contributed by atoms with Gasteiger partial charge in [-0.15, -0.1) is 0 Å². The number of carbonyl (C=O) groups excluding carboxylic acids is 2. The van der Waals surface area contributed by atoms with Gasteiger partial charge < -0.3 is 20.6 Å². The van der Waals surface area contributed by atoms with Crippen LogP contribution in [-0.4, -0.2) is 43.3 Å². The third kappa shape index (κ3) is 9.54. The summed E-state index contributed by atoms with van der Waals surface area (Å²) in [6.07, 6.45) is 3.13. The maximum absolute atomic E-state index is 12.5. The van der Waals surface area contributed by atoms with Crippen molar-refractivity contribution in [2.24, 2.45) is 0 Å². The van der Waals surface area contributed by atoms with E-state index in [4.69, 9.17) is 0 Å². The Bertz CT molecular complexity index is 1270. The van der Waals surface area contributed by atoms with Crippen molar-refractivity contribution in [2.45, 2.75) is 56.8 Å². The van der Waals surface area contributed by atoms with Crippen LogP contribution in [0.2, 0.25) is 0 Å². The van der Waals surface area contributed by atoms with E-state index in [9.17, 15) is 19.2 Å². The van der Waals surface area contributed by atoms with Crippen LogP contribution in [0.1, 0.15) is 43.6 Å².